The molecule has 1 aliphatic rings. The van der Waals surface area contributed by atoms with E-state index in [-0.39, 0.29) is 0 Å². The normalized spacial score (nSPS) is 42.8. The van der Waals surface area contributed by atoms with E-state index < -0.39 is 49.0 Å². The molecule has 1 aliphatic heterocycles. The van der Waals surface area contributed by atoms with Crippen LogP contribution in [0.2, 0.25) is 0 Å². The lowest BCUT2D eigenvalue weighted by atomic mass is 9.88. The second-order valence-corrected chi connectivity index (χ2v) is 3.71. The van der Waals surface area contributed by atoms with E-state index in [9.17, 15) is 28.9 Å². The van der Waals surface area contributed by atoms with Crippen molar-refractivity contribution in [1.29, 1.82) is 0 Å². The number of hydrogen-bond acceptors (Lipinski definition) is 7. The number of ketones is 1. The van der Waals surface area contributed by atoms with E-state index in [2.05, 4.69) is 4.74 Å². The fourth-order valence-corrected chi connectivity index (χ4v) is 1.57. The summed E-state index contributed by atoms with van der Waals surface area (Å²) >= 11 is 0. The number of Topliss-reactive ketones (excluding diaryl/α,β-unsaturated/α-hetero) is 1. The molecule has 7 nitrogen and oxygen atoms in total. The van der Waals surface area contributed by atoms with E-state index in [0.29, 0.717) is 0 Å². The van der Waals surface area contributed by atoms with Gasteiger partial charge in [0.15, 0.2) is 0 Å². The molecule has 0 saturated carbocycles. The van der Waals surface area contributed by atoms with Crippen molar-refractivity contribution in [3.63, 3.8) is 0 Å². The summed E-state index contributed by atoms with van der Waals surface area (Å²) in [6.45, 7) is -0.885. The highest BCUT2D eigenvalue weighted by Gasteiger charge is 2.57. The Kier molecular flexibility index (Phi) is 4.12. The van der Waals surface area contributed by atoms with Gasteiger partial charge in [0, 0.05) is 0 Å². The van der Waals surface area contributed by atoms with Crippen LogP contribution in [0.4, 0.5) is 8.78 Å². The maximum Gasteiger partial charge on any atom is 0.301 e. The van der Waals surface area contributed by atoms with Gasteiger partial charge in [-0.25, -0.2) is 8.78 Å². The van der Waals surface area contributed by atoms with Crippen molar-refractivity contribution in [2.45, 2.75) is 36.6 Å². The molecule has 1 saturated heterocycles. The molecule has 1 unspecified atom stereocenters. The minimum Gasteiger partial charge on any atom is -0.394 e. The molecule has 100 valence electrons. The van der Waals surface area contributed by atoms with Gasteiger partial charge in [0.2, 0.25) is 0 Å². The van der Waals surface area contributed by atoms with E-state index in [4.69, 9.17) is 10.8 Å². The Labute approximate surface area is 94.4 Å². The van der Waals surface area contributed by atoms with Crippen LogP contribution < -0.4 is 5.73 Å². The molecule has 0 aromatic rings. The molecule has 5 atom stereocenters. The molecule has 0 spiro atoms. The molecule has 0 aromatic heterocycles. The molecule has 0 radical (unpaired) electrons. The molecule has 1 heterocycles. The van der Waals surface area contributed by atoms with Crippen LogP contribution in [0, 0.1) is 0 Å². The third kappa shape index (κ3) is 2.30. The molecule has 0 amide bonds. The Bertz CT molecular complexity index is 302. The standard InChI is InChI=1S/C8H13F2NO6/c9-7(10)6(15)8(16)5(11)4(14)3(13)2(1-12)17-8/h2-5,7,12-14,16H,1,11H2/t2-,3-,4+,5-,8?/m1/s1. The number of rotatable bonds is 3. The van der Waals surface area contributed by atoms with Crippen LogP contribution in [0.5, 0.6) is 0 Å². The van der Waals surface area contributed by atoms with Crippen molar-refractivity contribution in [3.8, 4) is 0 Å². The lowest BCUT2D eigenvalue weighted by molar-refractivity contribution is -0.301. The summed E-state index contributed by atoms with van der Waals surface area (Å²) in [5.74, 6) is -5.17. The van der Waals surface area contributed by atoms with Gasteiger partial charge in [-0.05, 0) is 0 Å². The van der Waals surface area contributed by atoms with Gasteiger partial charge in [0.1, 0.15) is 18.3 Å². The van der Waals surface area contributed by atoms with Gasteiger partial charge >= 0.3 is 6.43 Å². The SMILES string of the molecule is N[C@@H]1[C@@H](O)[C@H](O)[C@@H](CO)OC1(O)C(=O)C(F)F. The zero-order chi connectivity index (χ0) is 13.4. The smallest absolute Gasteiger partial charge is 0.301 e. The topological polar surface area (TPSA) is 133 Å². The fourth-order valence-electron chi connectivity index (χ4n) is 1.57. The lowest BCUT2D eigenvalue weighted by Gasteiger charge is -2.44. The van der Waals surface area contributed by atoms with Gasteiger partial charge in [0.25, 0.3) is 11.6 Å². The average Bonchev–Trinajstić information content (AvgIpc) is 2.30. The number of halogens is 2. The molecular weight excluding hydrogens is 244 g/mol. The number of carbonyl (C=O) groups is 1. The monoisotopic (exact) mass is 257 g/mol. The third-order valence-corrected chi connectivity index (χ3v) is 2.61. The predicted molar refractivity (Wildman–Crippen MR) is 47.9 cm³/mol. The Morgan fingerprint density at radius 2 is 1.94 bits per heavy atom. The summed E-state index contributed by atoms with van der Waals surface area (Å²) in [4.78, 5) is 11.1. The van der Waals surface area contributed by atoms with Crippen molar-refractivity contribution in [1.82, 2.24) is 0 Å². The Balaban J connectivity index is 3.03. The zero-order valence-electron chi connectivity index (χ0n) is 8.53. The molecule has 1 rings (SSSR count). The van der Waals surface area contributed by atoms with Crippen molar-refractivity contribution < 1.29 is 38.7 Å². The van der Waals surface area contributed by atoms with E-state index in [1.165, 1.54) is 0 Å². The van der Waals surface area contributed by atoms with E-state index in [1.54, 1.807) is 0 Å². The van der Waals surface area contributed by atoms with E-state index >= 15 is 0 Å². The number of carbonyl (C=O) groups excluding carboxylic acids is 1. The van der Waals surface area contributed by atoms with Crippen LogP contribution in [-0.2, 0) is 9.53 Å². The highest BCUT2D eigenvalue weighted by atomic mass is 19.3. The van der Waals surface area contributed by atoms with E-state index in [0.717, 1.165) is 0 Å². The predicted octanol–water partition coefficient (Wildman–Crippen LogP) is -3.05. The van der Waals surface area contributed by atoms with Gasteiger partial charge in [-0.1, -0.05) is 0 Å². The molecule has 1 fully saturated rings. The fraction of sp³-hybridized carbons (Fsp3) is 0.875. The van der Waals surface area contributed by atoms with Crippen molar-refractivity contribution in [2.24, 2.45) is 5.73 Å². The number of aliphatic hydroxyl groups excluding tert-OH is 3. The Hall–Kier alpha value is -0.710. The second kappa shape index (κ2) is 4.88. The minimum atomic E-state index is -3.56. The Morgan fingerprint density at radius 3 is 2.35 bits per heavy atom. The van der Waals surface area contributed by atoms with Gasteiger partial charge in [-0.15, -0.1) is 0 Å². The van der Waals surface area contributed by atoms with Crippen LogP contribution in [0.25, 0.3) is 0 Å². The number of alkyl halides is 2. The lowest BCUT2D eigenvalue weighted by Crippen LogP contribution is -2.72. The molecule has 17 heavy (non-hydrogen) atoms. The first-order valence-corrected chi connectivity index (χ1v) is 4.71. The first-order valence-electron chi connectivity index (χ1n) is 4.71. The molecule has 9 heteroatoms. The molecular formula is C8H13F2NO6. The number of hydrogen-bond donors (Lipinski definition) is 5. The first-order chi connectivity index (χ1) is 7.75. The first kappa shape index (κ1) is 14.4. The second-order valence-electron chi connectivity index (χ2n) is 3.71. The Morgan fingerprint density at radius 1 is 1.41 bits per heavy atom. The molecule has 0 bridgehead atoms. The minimum absolute atomic E-state index is 0.885. The maximum absolute atomic E-state index is 12.2. The molecule has 0 aromatic carbocycles. The van der Waals surface area contributed by atoms with Crippen molar-refractivity contribution >= 4 is 5.78 Å². The maximum atomic E-state index is 12.2. The van der Waals surface area contributed by atoms with Crippen molar-refractivity contribution in [2.75, 3.05) is 6.61 Å². The van der Waals surface area contributed by atoms with Gasteiger partial charge in [-0.2, -0.15) is 0 Å². The van der Waals surface area contributed by atoms with Crippen LogP contribution in [-0.4, -0.2) is 69.4 Å². The summed E-state index contributed by atoms with van der Waals surface area (Å²) in [5.41, 5.74) is 5.18. The highest BCUT2D eigenvalue weighted by Crippen LogP contribution is 2.29. The number of aliphatic hydroxyl groups is 4. The third-order valence-electron chi connectivity index (χ3n) is 2.61. The average molecular weight is 257 g/mol. The van der Waals surface area contributed by atoms with Crippen LogP contribution in [0.15, 0.2) is 0 Å². The quantitative estimate of drug-likeness (QED) is 0.362. The molecule has 6 N–H and O–H groups in total. The number of nitrogens with two attached hydrogens (primary N) is 1. The van der Waals surface area contributed by atoms with Crippen molar-refractivity contribution in [3.05, 3.63) is 0 Å². The summed E-state index contributed by atoms with van der Waals surface area (Å²) in [7, 11) is 0. The van der Waals surface area contributed by atoms with Gasteiger partial charge < -0.3 is 30.9 Å². The summed E-state index contributed by atoms with van der Waals surface area (Å²) in [6, 6.07) is -1.94. The largest absolute Gasteiger partial charge is 0.394 e. The highest BCUT2D eigenvalue weighted by molar-refractivity contribution is 5.89. The van der Waals surface area contributed by atoms with Crippen LogP contribution in [0.1, 0.15) is 0 Å². The zero-order valence-corrected chi connectivity index (χ0v) is 8.53. The summed E-state index contributed by atoms with van der Waals surface area (Å²) in [6.07, 6.45) is -8.72. The van der Waals surface area contributed by atoms with Gasteiger partial charge in [0.05, 0.1) is 12.6 Å². The van der Waals surface area contributed by atoms with Crippen LogP contribution >= 0.6 is 0 Å². The summed E-state index contributed by atoms with van der Waals surface area (Å²) < 4.78 is 29.0. The summed E-state index contributed by atoms with van der Waals surface area (Å²) in [5, 5.41) is 37.1. The molecule has 0 aliphatic carbocycles. The van der Waals surface area contributed by atoms with Gasteiger partial charge in [-0.3, -0.25) is 4.79 Å². The van der Waals surface area contributed by atoms with Crippen LogP contribution in [0.3, 0.4) is 0 Å². The number of ether oxygens (including phenoxy) is 1. The van der Waals surface area contributed by atoms with E-state index in [1.807, 2.05) is 0 Å².